The molecule has 0 unspecified atom stereocenters. The van der Waals surface area contributed by atoms with Crippen LogP contribution in [0.3, 0.4) is 0 Å². The van der Waals surface area contributed by atoms with Gasteiger partial charge in [0.25, 0.3) is 0 Å². The number of aromatic nitrogens is 1. The molecule has 2 nitrogen and oxygen atoms in total. The zero-order chi connectivity index (χ0) is 11.5. The second-order valence-corrected chi connectivity index (χ2v) is 3.29. The number of aliphatic hydroxyl groups excluding tert-OH is 1. The normalized spacial score (nSPS) is 10.4. The Hall–Kier alpha value is -1.81. The standard InChI is InChI=1S/C12H9F2NO/c13-9-3-1-2-8(6-9)11-5-4-10(14)12(7-16)15-11/h1-6,16H,7H2. The molecule has 1 aromatic carbocycles. The van der Waals surface area contributed by atoms with Crippen LogP contribution in [-0.4, -0.2) is 10.1 Å². The second-order valence-electron chi connectivity index (χ2n) is 3.29. The second kappa shape index (κ2) is 4.37. The van der Waals surface area contributed by atoms with E-state index in [0.717, 1.165) is 0 Å². The van der Waals surface area contributed by atoms with E-state index in [1.807, 2.05) is 0 Å². The average molecular weight is 221 g/mol. The minimum Gasteiger partial charge on any atom is -0.390 e. The number of pyridine rings is 1. The fraction of sp³-hybridized carbons (Fsp3) is 0.0833. The van der Waals surface area contributed by atoms with Crippen molar-refractivity contribution in [2.75, 3.05) is 0 Å². The highest BCUT2D eigenvalue weighted by Crippen LogP contribution is 2.19. The maximum Gasteiger partial charge on any atom is 0.147 e. The van der Waals surface area contributed by atoms with Crippen LogP contribution >= 0.6 is 0 Å². The Bertz CT molecular complexity index is 514. The molecule has 1 N–H and O–H groups in total. The fourth-order valence-electron chi connectivity index (χ4n) is 1.40. The molecule has 0 radical (unpaired) electrons. The summed E-state index contributed by atoms with van der Waals surface area (Å²) in [7, 11) is 0. The van der Waals surface area contributed by atoms with Crippen LogP contribution in [0.1, 0.15) is 5.69 Å². The predicted octanol–water partition coefficient (Wildman–Crippen LogP) is 2.52. The molecule has 0 aliphatic carbocycles. The van der Waals surface area contributed by atoms with Gasteiger partial charge in [0.15, 0.2) is 0 Å². The van der Waals surface area contributed by atoms with Gasteiger partial charge in [0.2, 0.25) is 0 Å². The van der Waals surface area contributed by atoms with Gasteiger partial charge in [0, 0.05) is 5.56 Å². The first-order chi connectivity index (χ1) is 7.70. The maximum atomic E-state index is 13.1. The molecular formula is C12H9F2NO. The van der Waals surface area contributed by atoms with Crippen molar-refractivity contribution < 1.29 is 13.9 Å². The Morgan fingerprint density at radius 3 is 2.62 bits per heavy atom. The van der Waals surface area contributed by atoms with E-state index in [-0.39, 0.29) is 11.5 Å². The minimum absolute atomic E-state index is 0.0400. The lowest BCUT2D eigenvalue weighted by Crippen LogP contribution is -1.96. The number of halogens is 2. The monoisotopic (exact) mass is 221 g/mol. The van der Waals surface area contributed by atoms with Crippen LogP contribution in [0.15, 0.2) is 36.4 Å². The van der Waals surface area contributed by atoms with Crippen LogP contribution in [-0.2, 0) is 6.61 Å². The minimum atomic E-state index is -0.567. The molecule has 0 aliphatic heterocycles. The van der Waals surface area contributed by atoms with E-state index in [0.29, 0.717) is 11.3 Å². The summed E-state index contributed by atoms with van der Waals surface area (Å²) in [6.45, 7) is -0.477. The van der Waals surface area contributed by atoms with Crippen molar-refractivity contribution in [3.8, 4) is 11.3 Å². The number of rotatable bonds is 2. The van der Waals surface area contributed by atoms with E-state index < -0.39 is 12.4 Å². The summed E-state index contributed by atoms with van der Waals surface area (Å²) in [6, 6.07) is 8.50. The molecule has 0 atom stereocenters. The van der Waals surface area contributed by atoms with Crippen molar-refractivity contribution in [1.82, 2.24) is 4.98 Å². The highest BCUT2D eigenvalue weighted by molar-refractivity contribution is 5.59. The number of hydrogen-bond donors (Lipinski definition) is 1. The molecule has 2 aromatic rings. The summed E-state index contributed by atoms with van der Waals surface area (Å²) in [5.41, 5.74) is 0.946. The molecule has 0 amide bonds. The SMILES string of the molecule is OCc1nc(-c2cccc(F)c2)ccc1F. The molecule has 1 aromatic heterocycles. The number of nitrogens with zero attached hydrogens (tertiary/aromatic N) is 1. The van der Waals surface area contributed by atoms with Crippen LogP contribution in [0.25, 0.3) is 11.3 Å². The van der Waals surface area contributed by atoms with Gasteiger partial charge in [0.1, 0.15) is 17.3 Å². The Balaban J connectivity index is 2.48. The molecule has 1 heterocycles. The van der Waals surface area contributed by atoms with Crippen LogP contribution < -0.4 is 0 Å². The molecule has 0 saturated carbocycles. The number of aliphatic hydroxyl groups is 1. The molecule has 0 saturated heterocycles. The highest BCUT2D eigenvalue weighted by Gasteiger charge is 2.06. The van der Waals surface area contributed by atoms with Crippen molar-refractivity contribution in [2.24, 2.45) is 0 Å². The van der Waals surface area contributed by atoms with Gasteiger partial charge in [0.05, 0.1) is 12.3 Å². The largest absolute Gasteiger partial charge is 0.390 e. The molecule has 0 aliphatic rings. The summed E-state index contributed by atoms with van der Waals surface area (Å²) < 4.78 is 26.0. The maximum absolute atomic E-state index is 13.1. The van der Waals surface area contributed by atoms with Crippen molar-refractivity contribution >= 4 is 0 Å². The zero-order valence-corrected chi connectivity index (χ0v) is 8.32. The van der Waals surface area contributed by atoms with Gasteiger partial charge in [-0.15, -0.1) is 0 Å². The Kier molecular flexibility index (Phi) is 2.92. The Morgan fingerprint density at radius 2 is 1.94 bits per heavy atom. The summed E-state index contributed by atoms with van der Waals surface area (Å²) in [5.74, 6) is -0.947. The van der Waals surface area contributed by atoms with Gasteiger partial charge >= 0.3 is 0 Å². The predicted molar refractivity (Wildman–Crippen MR) is 55.5 cm³/mol. The summed E-state index contributed by atoms with van der Waals surface area (Å²) in [4.78, 5) is 3.91. The van der Waals surface area contributed by atoms with Crippen molar-refractivity contribution in [2.45, 2.75) is 6.61 Å². The van der Waals surface area contributed by atoms with Gasteiger partial charge in [-0.1, -0.05) is 12.1 Å². The van der Waals surface area contributed by atoms with Crippen molar-refractivity contribution in [1.29, 1.82) is 0 Å². The topological polar surface area (TPSA) is 33.1 Å². The van der Waals surface area contributed by atoms with Crippen LogP contribution in [0.2, 0.25) is 0 Å². The number of hydrogen-bond acceptors (Lipinski definition) is 2. The van der Waals surface area contributed by atoms with Crippen LogP contribution in [0.5, 0.6) is 0 Å². The van der Waals surface area contributed by atoms with Crippen LogP contribution in [0, 0.1) is 11.6 Å². The smallest absolute Gasteiger partial charge is 0.147 e. The van der Waals surface area contributed by atoms with E-state index in [9.17, 15) is 8.78 Å². The van der Waals surface area contributed by atoms with Gasteiger partial charge in [-0.25, -0.2) is 13.8 Å². The third kappa shape index (κ3) is 2.06. The van der Waals surface area contributed by atoms with Gasteiger partial charge in [-0.05, 0) is 24.3 Å². The Labute approximate surface area is 91.2 Å². The average Bonchev–Trinajstić information content (AvgIpc) is 2.29. The first-order valence-electron chi connectivity index (χ1n) is 4.73. The van der Waals surface area contributed by atoms with E-state index in [2.05, 4.69) is 4.98 Å². The molecular weight excluding hydrogens is 212 g/mol. The lowest BCUT2D eigenvalue weighted by Gasteiger charge is -2.04. The molecule has 82 valence electrons. The molecule has 16 heavy (non-hydrogen) atoms. The molecule has 0 fully saturated rings. The first-order valence-corrected chi connectivity index (χ1v) is 4.73. The van der Waals surface area contributed by atoms with Gasteiger partial charge < -0.3 is 5.11 Å². The third-order valence-electron chi connectivity index (χ3n) is 2.19. The summed E-state index contributed by atoms with van der Waals surface area (Å²) in [6.07, 6.45) is 0. The molecule has 2 rings (SSSR count). The third-order valence-corrected chi connectivity index (χ3v) is 2.19. The van der Waals surface area contributed by atoms with E-state index >= 15 is 0 Å². The summed E-state index contributed by atoms with van der Waals surface area (Å²) >= 11 is 0. The zero-order valence-electron chi connectivity index (χ0n) is 8.32. The lowest BCUT2D eigenvalue weighted by atomic mass is 10.1. The van der Waals surface area contributed by atoms with Crippen molar-refractivity contribution in [3.63, 3.8) is 0 Å². The van der Waals surface area contributed by atoms with Gasteiger partial charge in [-0.2, -0.15) is 0 Å². The number of benzene rings is 1. The highest BCUT2D eigenvalue weighted by atomic mass is 19.1. The van der Waals surface area contributed by atoms with Crippen molar-refractivity contribution in [3.05, 3.63) is 53.7 Å². The first kappa shape index (κ1) is 10.7. The quantitative estimate of drug-likeness (QED) is 0.845. The van der Waals surface area contributed by atoms with E-state index in [1.165, 1.54) is 24.3 Å². The molecule has 4 heteroatoms. The summed E-state index contributed by atoms with van der Waals surface area (Å²) in [5, 5.41) is 8.87. The molecule has 0 bridgehead atoms. The van der Waals surface area contributed by atoms with Crippen LogP contribution in [0.4, 0.5) is 8.78 Å². The van der Waals surface area contributed by atoms with E-state index in [4.69, 9.17) is 5.11 Å². The fourth-order valence-corrected chi connectivity index (χ4v) is 1.40. The Morgan fingerprint density at radius 1 is 1.12 bits per heavy atom. The van der Waals surface area contributed by atoms with E-state index in [1.54, 1.807) is 12.1 Å². The molecule has 0 spiro atoms. The lowest BCUT2D eigenvalue weighted by molar-refractivity contribution is 0.270. The van der Waals surface area contributed by atoms with Gasteiger partial charge in [-0.3, -0.25) is 0 Å².